The second-order valence-electron chi connectivity index (χ2n) is 4.90. The minimum Gasteiger partial charge on any atom is -0.598 e. The summed E-state index contributed by atoms with van der Waals surface area (Å²) in [6, 6.07) is 3.97. The Morgan fingerprint density at radius 3 is 2.56 bits per heavy atom. The highest BCUT2D eigenvalue weighted by Crippen LogP contribution is 2.20. The quantitative estimate of drug-likeness (QED) is 0.826. The monoisotopic (exact) mass is 240 g/mol. The summed E-state index contributed by atoms with van der Waals surface area (Å²) in [6.07, 6.45) is 1.77. The SMILES string of the molecule is Cc1ncccc1[C@@H](C)N[S+]([O-])C(C)(C)C. The van der Waals surface area contributed by atoms with Crippen LogP contribution in [0.3, 0.4) is 0 Å². The van der Waals surface area contributed by atoms with Crippen molar-refractivity contribution >= 4 is 11.4 Å². The lowest BCUT2D eigenvalue weighted by molar-refractivity contribution is 0.530. The minimum atomic E-state index is -1.05. The van der Waals surface area contributed by atoms with Crippen molar-refractivity contribution in [3.8, 4) is 0 Å². The molecular formula is C12H20N2OS. The van der Waals surface area contributed by atoms with Gasteiger partial charge in [0.25, 0.3) is 0 Å². The van der Waals surface area contributed by atoms with E-state index in [4.69, 9.17) is 0 Å². The molecule has 0 saturated carbocycles. The normalized spacial score (nSPS) is 15.9. The highest BCUT2D eigenvalue weighted by molar-refractivity contribution is 7.90. The summed E-state index contributed by atoms with van der Waals surface area (Å²) in [7, 11) is 0. The summed E-state index contributed by atoms with van der Waals surface area (Å²) < 4.78 is 14.8. The first-order chi connectivity index (χ1) is 7.32. The summed E-state index contributed by atoms with van der Waals surface area (Å²) >= 11 is -1.05. The Hall–Kier alpha value is -0.580. The van der Waals surface area contributed by atoms with Crippen molar-refractivity contribution in [2.75, 3.05) is 0 Å². The van der Waals surface area contributed by atoms with Crippen LogP contribution >= 0.6 is 0 Å². The molecule has 4 heteroatoms. The zero-order chi connectivity index (χ0) is 12.3. The summed E-state index contributed by atoms with van der Waals surface area (Å²) in [4.78, 5) is 4.23. The average Bonchev–Trinajstić information content (AvgIpc) is 2.16. The van der Waals surface area contributed by atoms with Crippen molar-refractivity contribution in [3.05, 3.63) is 29.6 Å². The van der Waals surface area contributed by atoms with Gasteiger partial charge in [0, 0.05) is 23.3 Å². The van der Waals surface area contributed by atoms with Gasteiger partial charge in [0.15, 0.2) is 0 Å². The Labute approximate surface area is 101 Å². The number of nitrogens with one attached hydrogen (secondary N) is 1. The van der Waals surface area contributed by atoms with E-state index in [9.17, 15) is 4.55 Å². The van der Waals surface area contributed by atoms with E-state index in [0.29, 0.717) is 0 Å². The maximum Gasteiger partial charge on any atom is 0.136 e. The molecule has 2 atom stereocenters. The average molecular weight is 240 g/mol. The number of hydrogen-bond donors (Lipinski definition) is 1. The molecule has 0 aliphatic rings. The highest BCUT2D eigenvalue weighted by Gasteiger charge is 2.28. The Morgan fingerprint density at radius 1 is 1.44 bits per heavy atom. The first kappa shape index (κ1) is 13.5. The van der Waals surface area contributed by atoms with Crippen LogP contribution in [0.1, 0.15) is 45.0 Å². The van der Waals surface area contributed by atoms with Crippen LogP contribution in [-0.2, 0) is 11.4 Å². The molecule has 0 amide bonds. The first-order valence-corrected chi connectivity index (χ1v) is 6.57. The first-order valence-electron chi connectivity index (χ1n) is 5.42. The number of aryl methyl sites for hydroxylation is 1. The van der Waals surface area contributed by atoms with Gasteiger partial charge in [-0.3, -0.25) is 4.98 Å². The zero-order valence-corrected chi connectivity index (χ0v) is 11.4. The van der Waals surface area contributed by atoms with Crippen LogP contribution in [-0.4, -0.2) is 14.3 Å². The molecule has 1 aromatic heterocycles. The van der Waals surface area contributed by atoms with E-state index in [-0.39, 0.29) is 10.8 Å². The largest absolute Gasteiger partial charge is 0.598 e. The molecule has 16 heavy (non-hydrogen) atoms. The van der Waals surface area contributed by atoms with Crippen LogP contribution in [0.4, 0.5) is 0 Å². The maximum absolute atomic E-state index is 11.9. The number of nitrogens with zero attached hydrogens (tertiary/aromatic N) is 1. The third-order valence-electron chi connectivity index (χ3n) is 2.35. The predicted octanol–water partition coefficient (Wildman–Crippen LogP) is 2.50. The van der Waals surface area contributed by atoms with Crippen LogP contribution in [0.2, 0.25) is 0 Å². The summed E-state index contributed by atoms with van der Waals surface area (Å²) in [5, 5.41) is 0. The molecule has 0 saturated heterocycles. The molecule has 0 spiro atoms. The van der Waals surface area contributed by atoms with E-state index >= 15 is 0 Å². The molecule has 90 valence electrons. The third-order valence-corrected chi connectivity index (χ3v) is 4.03. The van der Waals surface area contributed by atoms with Crippen LogP contribution in [0.5, 0.6) is 0 Å². The molecule has 1 unspecified atom stereocenters. The van der Waals surface area contributed by atoms with Gasteiger partial charge >= 0.3 is 0 Å². The molecule has 1 N–H and O–H groups in total. The van der Waals surface area contributed by atoms with Crippen molar-refractivity contribution in [2.24, 2.45) is 0 Å². The van der Waals surface area contributed by atoms with Gasteiger partial charge in [0.05, 0.1) is 6.04 Å². The van der Waals surface area contributed by atoms with Gasteiger partial charge in [-0.1, -0.05) is 6.07 Å². The van der Waals surface area contributed by atoms with Crippen molar-refractivity contribution in [3.63, 3.8) is 0 Å². The van der Waals surface area contributed by atoms with Crippen LogP contribution in [0, 0.1) is 6.92 Å². The van der Waals surface area contributed by atoms with E-state index in [1.54, 1.807) is 6.20 Å². The minimum absolute atomic E-state index is 0.0498. The van der Waals surface area contributed by atoms with Crippen LogP contribution < -0.4 is 4.72 Å². The van der Waals surface area contributed by atoms with E-state index < -0.39 is 11.4 Å². The fourth-order valence-corrected chi connectivity index (χ4v) is 2.16. The van der Waals surface area contributed by atoms with Gasteiger partial charge in [-0.25, -0.2) is 0 Å². The lowest BCUT2D eigenvalue weighted by Crippen LogP contribution is -2.40. The molecule has 3 nitrogen and oxygen atoms in total. The molecule has 0 aliphatic heterocycles. The second-order valence-corrected chi connectivity index (χ2v) is 6.90. The zero-order valence-electron chi connectivity index (χ0n) is 10.6. The van der Waals surface area contributed by atoms with Gasteiger partial charge in [-0.2, -0.15) is 0 Å². The van der Waals surface area contributed by atoms with Crippen molar-refractivity contribution in [1.82, 2.24) is 9.71 Å². The van der Waals surface area contributed by atoms with Gasteiger partial charge < -0.3 is 4.55 Å². The highest BCUT2D eigenvalue weighted by atomic mass is 32.2. The topological polar surface area (TPSA) is 48.0 Å². The van der Waals surface area contributed by atoms with Crippen molar-refractivity contribution < 1.29 is 4.55 Å². The molecule has 0 fully saturated rings. The van der Waals surface area contributed by atoms with Gasteiger partial charge in [-0.05, 0) is 46.2 Å². The molecule has 0 aromatic carbocycles. The molecule has 1 rings (SSSR count). The summed E-state index contributed by atoms with van der Waals surface area (Å²) in [5.74, 6) is 0. The van der Waals surface area contributed by atoms with Gasteiger partial charge in [0.2, 0.25) is 0 Å². The Morgan fingerprint density at radius 2 is 2.06 bits per heavy atom. The molecular weight excluding hydrogens is 220 g/mol. The van der Waals surface area contributed by atoms with Gasteiger partial charge in [0.1, 0.15) is 4.75 Å². The number of hydrogen-bond acceptors (Lipinski definition) is 3. The van der Waals surface area contributed by atoms with E-state index in [2.05, 4.69) is 9.71 Å². The Bertz CT molecular complexity index is 349. The lowest BCUT2D eigenvalue weighted by Gasteiger charge is -2.26. The Balaban J connectivity index is 2.73. The van der Waals surface area contributed by atoms with Gasteiger partial charge in [-0.15, -0.1) is 4.72 Å². The molecule has 0 radical (unpaired) electrons. The fraction of sp³-hybridized carbons (Fsp3) is 0.583. The molecule has 0 bridgehead atoms. The second kappa shape index (κ2) is 5.17. The van der Waals surface area contributed by atoms with Crippen molar-refractivity contribution in [1.29, 1.82) is 0 Å². The number of pyridine rings is 1. The molecule has 1 aromatic rings. The van der Waals surface area contributed by atoms with E-state index in [0.717, 1.165) is 11.3 Å². The van der Waals surface area contributed by atoms with E-state index in [1.165, 1.54) is 0 Å². The van der Waals surface area contributed by atoms with Crippen LogP contribution in [0.15, 0.2) is 18.3 Å². The fourth-order valence-electron chi connectivity index (χ4n) is 1.36. The standard InChI is InChI=1S/C12H20N2OS/c1-9-11(7-6-8-13-9)10(2)14-16(15)12(3,4)5/h6-8,10,14H,1-5H3/t10-,16?/m1/s1. The number of rotatable bonds is 3. The lowest BCUT2D eigenvalue weighted by atomic mass is 10.1. The maximum atomic E-state index is 11.9. The molecule has 0 aliphatic carbocycles. The third kappa shape index (κ3) is 3.47. The van der Waals surface area contributed by atoms with E-state index in [1.807, 2.05) is 46.8 Å². The number of aromatic nitrogens is 1. The summed E-state index contributed by atoms with van der Waals surface area (Å²) in [5.41, 5.74) is 2.08. The predicted molar refractivity (Wildman–Crippen MR) is 68.4 cm³/mol. The van der Waals surface area contributed by atoms with Crippen molar-refractivity contribution in [2.45, 2.75) is 45.4 Å². The van der Waals surface area contributed by atoms with Crippen LogP contribution in [0.25, 0.3) is 0 Å². The summed E-state index contributed by atoms with van der Waals surface area (Å²) in [6.45, 7) is 9.85. The Kier molecular flexibility index (Phi) is 4.35. The molecule has 1 heterocycles. The smallest absolute Gasteiger partial charge is 0.136 e.